The third-order valence-electron chi connectivity index (χ3n) is 3.24. The second kappa shape index (κ2) is 8.34. The van der Waals surface area contributed by atoms with Gasteiger partial charge in [0.15, 0.2) is 10.9 Å². The first kappa shape index (κ1) is 19.1. The van der Waals surface area contributed by atoms with Crippen molar-refractivity contribution in [2.24, 2.45) is 0 Å². The number of pyridine rings is 1. The number of rotatable bonds is 3. The smallest absolute Gasteiger partial charge is 0.293 e. The number of halogens is 3. The van der Waals surface area contributed by atoms with Gasteiger partial charge in [0.2, 0.25) is 0 Å². The molecule has 1 amide bonds. The predicted molar refractivity (Wildman–Crippen MR) is 115 cm³/mol. The average Bonchev–Trinajstić information content (AvgIpc) is 3.09. The lowest BCUT2D eigenvalue weighted by Crippen LogP contribution is -2.34. The maximum absolute atomic E-state index is 12.3. The number of amides is 1. The van der Waals surface area contributed by atoms with E-state index in [0.717, 1.165) is 3.57 Å². The van der Waals surface area contributed by atoms with Gasteiger partial charge < -0.3 is 9.73 Å². The molecule has 0 spiro atoms. The number of aromatic nitrogens is 1. The topological polar surface area (TPSA) is 67.2 Å². The fourth-order valence-electron chi connectivity index (χ4n) is 2.06. The molecule has 2 aromatic heterocycles. The molecule has 26 heavy (non-hydrogen) atoms. The van der Waals surface area contributed by atoms with Gasteiger partial charge in [-0.15, -0.1) is 0 Å². The van der Waals surface area contributed by atoms with Crippen LogP contribution in [0.1, 0.15) is 10.6 Å². The van der Waals surface area contributed by atoms with Gasteiger partial charge in [0, 0.05) is 15.3 Å². The maximum Gasteiger partial charge on any atom is 0.293 e. The van der Waals surface area contributed by atoms with E-state index in [1.54, 1.807) is 36.5 Å². The van der Waals surface area contributed by atoms with Crippen LogP contribution in [0.25, 0.3) is 11.3 Å². The zero-order chi connectivity index (χ0) is 18.7. The minimum Gasteiger partial charge on any atom is -0.451 e. The van der Waals surface area contributed by atoms with Crippen LogP contribution < -0.4 is 10.6 Å². The zero-order valence-electron chi connectivity index (χ0n) is 12.9. The Kier molecular flexibility index (Phi) is 6.13. The summed E-state index contributed by atoms with van der Waals surface area (Å²) in [7, 11) is 0. The van der Waals surface area contributed by atoms with Gasteiger partial charge in [-0.05, 0) is 71.2 Å². The van der Waals surface area contributed by atoms with Gasteiger partial charge in [-0.1, -0.05) is 29.3 Å². The summed E-state index contributed by atoms with van der Waals surface area (Å²) in [5.74, 6) is 0.565. The van der Waals surface area contributed by atoms with Crippen LogP contribution in [0.2, 0.25) is 10.0 Å². The Morgan fingerprint density at radius 2 is 1.96 bits per heavy atom. The van der Waals surface area contributed by atoms with Crippen LogP contribution in [0.3, 0.4) is 0 Å². The van der Waals surface area contributed by atoms with Gasteiger partial charge in [0.05, 0.1) is 10.0 Å². The van der Waals surface area contributed by atoms with Crippen LogP contribution in [0.5, 0.6) is 0 Å². The summed E-state index contributed by atoms with van der Waals surface area (Å²) in [6, 6.07) is 12.0. The second-order valence-electron chi connectivity index (χ2n) is 5.04. The van der Waals surface area contributed by atoms with Gasteiger partial charge >= 0.3 is 0 Å². The molecule has 0 aliphatic carbocycles. The molecule has 3 rings (SSSR count). The molecule has 132 valence electrons. The molecule has 0 fully saturated rings. The highest BCUT2D eigenvalue weighted by atomic mass is 127. The number of hydrogen-bond acceptors (Lipinski definition) is 4. The Hall–Kier alpha value is -1.68. The Balaban J connectivity index is 1.69. The number of hydrogen-bond donors (Lipinski definition) is 2. The lowest BCUT2D eigenvalue weighted by Gasteiger charge is -2.07. The van der Waals surface area contributed by atoms with E-state index < -0.39 is 5.91 Å². The van der Waals surface area contributed by atoms with E-state index in [9.17, 15) is 4.79 Å². The second-order valence-corrected chi connectivity index (χ2v) is 7.47. The highest BCUT2D eigenvalue weighted by Gasteiger charge is 2.16. The van der Waals surface area contributed by atoms with Gasteiger partial charge in [-0.25, -0.2) is 4.98 Å². The molecule has 0 saturated heterocycles. The van der Waals surface area contributed by atoms with Gasteiger partial charge in [-0.3, -0.25) is 10.1 Å². The number of thiocarbonyl (C=S) groups is 1. The van der Waals surface area contributed by atoms with E-state index in [4.69, 9.17) is 39.8 Å². The number of nitrogens with zero attached hydrogens (tertiary/aromatic N) is 1. The van der Waals surface area contributed by atoms with Crippen molar-refractivity contribution >= 4 is 74.8 Å². The number of benzene rings is 1. The van der Waals surface area contributed by atoms with Crippen molar-refractivity contribution < 1.29 is 9.21 Å². The van der Waals surface area contributed by atoms with Crippen molar-refractivity contribution in [1.29, 1.82) is 0 Å². The normalized spacial score (nSPS) is 10.4. The molecule has 2 heterocycles. The minimum absolute atomic E-state index is 0.0933. The molecule has 3 aromatic rings. The molecule has 0 bridgehead atoms. The molecule has 1 aromatic carbocycles. The Morgan fingerprint density at radius 1 is 1.15 bits per heavy atom. The summed E-state index contributed by atoms with van der Waals surface area (Å²) in [6.07, 6.45) is 1.68. The van der Waals surface area contributed by atoms with Crippen molar-refractivity contribution in [3.8, 4) is 11.3 Å². The van der Waals surface area contributed by atoms with E-state index in [0.29, 0.717) is 27.2 Å². The molecule has 0 radical (unpaired) electrons. The zero-order valence-corrected chi connectivity index (χ0v) is 17.4. The van der Waals surface area contributed by atoms with Crippen LogP contribution in [-0.4, -0.2) is 16.0 Å². The van der Waals surface area contributed by atoms with Gasteiger partial charge in [-0.2, -0.15) is 0 Å². The van der Waals surface area contributed by atoms with E-state index in [1.807, 2.05) is 6.07 Å². The molecule has 0 aliphatic rings. The van der Waals surface area contributed by atoms with Crippen LogP contribution in [-0.2, 0) is 0 Å². The van der Waals surface area contributed by atoms with Crippen molar-refractivity contribution in [1.82, 2.24) is 10.3 Å². The fourth-order valence-corrected chi connectivity index (χ4v) is 2.97. The summed E-state index contributed by atoms with van der Waals surface area (Å²) >= 11 is 19.4. The predicted octanol–water partition coefficient (Wildman–Crippen LogP) is 5.38. The first-order valence-electron chi connectivity index (χ1n) is 7.22. The van der Waals surface area contributed by atoms with Crippen LogP contribution in [0.4, 0.5) is 5.82 Å². The molecule has 2 N–H and O–H groups in total. The third kappa shape index (κ3) is 4.53. The lowest BCUT2D eigenvalue weighted by molar-refractivity contribution is 0.0951. The molecular weight excluding hydrogens is 508 g/mol. The SMILES string of the molecule is O=C(NC(=S)Nc1ccc(I)cn1)c1ccc(-c2cccc(Cl)c2Cl)o1. The van der Waals surface area contributed by atoms with Crippen LogP contribution >= 0.6 is 58.0 Å². The number of anilines is 1. The monoisotopic (exact) mass is 517 g/mol. The summed E-state index contributed by atoms with van der Waals surface area (Å²) in [4.78, 5) is 16.4. The summed E-state index contributed by atoms with van der Waals surface area (Å²) in [5, 5.41) is 6.24. The molecule has 5 nitrogen and oxygen atoms in total. The summed E-state index contributed by atoms with van der Waals surface area (Å²) in [5.41, 5.74) is 0.599. The molecule has 0 aliphatic heterocycles. The van der Waals surface area contributed by atoms with Gasteiger partial charge in [0.25, 0.3) is 5.91 Å². The molecule has 0 saturated carbocycles. The van der Waals surface area contributed by atoms with E-state index >= 15 is 0 Å². The van der Waals surface area contributed by atoms with Crippen molar-refractivity contribution in [2.75, 3.05) is 5.32 Å². The fraction of sp³-hybridized carbons (Fsp3) is 0. The van der Waals surface area contributed by atoms with Crippen LogP contribution in [0.15, 0.2) is 53.1 Å². The standard InChI is InChI=1S/C17H10Cl2IN3O2S/c18-11-3-1-2-10(15(11)19)12-5-6-13(25-12)16(24)23-17(26)22-14-7-4-9(20)8-21-14/h1-8H,(H2,21,22,23,24,26). The number of furan rings is 1. The minimum atomic E-state index is -0.489. The Morgan fingerprint density at radius 3 is 2.69 bits per heavy atom. The molecular formula is C17H10Cl2IN3O2S. The number of nitrogens with one attached hydrogen (secondary N) is 2. The molecule has 0 unspecified atom stereocenters. The van der Waals surface area contributed by atoms with E-state index in [2.05, 4.69) is 38.2 Å². The van der Waals surface area contributed by atoms with Gasteiger partial charge in [0.1, 0.15) is 11.6 Å². The van der Waals surface area contributed by atoms with Crippen molar-refractivity contribution in [2.45, 2.75) is 0 Å². The Bertz CT molecular complexity index is 976. The summed E-state index contributed by atoms with van der Waals surface area (Å²) in [6.45, 7) is 0. The highest BCUT2D eigenvalue weighted by Crippen LogP contribution is 2.34. The number of carbonyl (C=O) groups excluding carboxylic acids is 1. The third-order valence-corrected chi connectivity index (χ3v) is 4.90. The average molecular weight is 518 g/mol. The largest absolute Gasteiger partial charge is 0.451 e. The maximum atomic E-state index is 12.3. The number of carbonyl (C=O) groups is 1. The highest BCUT2D eigenvalue weighted by molar-refractivity contribution is 14.1. The van der Waals surface area contributed by atoms with Crippen molar-refractivity contribution in [3.63, 3.8) is 0 Å². The van der Waals surface area contributed by atoms with E-state index in [-0.39, 0.29) is 10.9 Å². The first-order chi connectivity index (χ1) is 12.4. The van der Waals surface area contributed by atoms with Crippen molar-refractivity contribution in [3.05, 3.63) is 68.0 Å². The molecule has 9 heteroatoms. The molecule has 0 atom stereocenters. The lowest BCUT2D eigenvalue weighted by atomic mass is 10.2. The summed E-state index contributed by atoms with van der Waals surface area (Å²) < 4.78 is 6.57. The Labute approximate surface area is 178 Å². The van der Waals surface area contributed by atoms with E-state index in [1.165, 1.54) is 6.07 Å². The quantitative estimate of drug-likeness (QED) is 0.360. The first-order valence-corrected chi connectivity index (χ1v) is 9.46. The van der Waals surface area contributed by atoms with Crippen LogP contribution in [0, 0.1) is 3.57 Å².